The number of aliphatic carboxylic acids is 1. The maximum atomic E-state index is 9.89. The van der Waals surface area contributed by atoms with Crippen molar-refractivity contribution in [1.29, 1.82) is 0 Å². The third kappa shape index (κ3) is 19.8. The van der Waals surface area contributed by atoms with Crippen LogP contribution < -0.4 is 5.11 Å². The quantitative estimate of drug-likeness (QED) is 0.502. The second kappa shape index (κ2) is 12.3. The number of nitrogens with zero attached hydrogens (tertiary/aromatic N) is 2. The molecule has 0 bridgehead atoms. The zero-order valence-corrected chi connectivity index (χ0v) is 12.8. The van der Waals surface area contributed by atoms with Gasteiger partial charge in [-0.3, -0.25) is 4.90 Å². The molecule has 19 heavy (non-hydrogen) atoms. The molecule has 0 radical (unpaired) electrons. The molecule has 0 spiro atoms. The lowest BCUT2D eigenvalue weighted by Gasteiger charge is -2.23. The number of likely N-dealkylation sites (N-methyl/N-ethyl adjacent to an activating group) is 1. The number of carboxylic acids is 1. The van der Waals surface area contributed by atoms with Crippen LogP contribution in [0.3, 0.4) is 0 Å². The van der Waals surface area contributed by atoms with E-state index in [2.05, 4.69) is 11.8 Å². The van der Waals surface area contributed by atoms with Gasteiger partial charge in [0.25, 0.3) is 0 Å². The SMILES string of the molecule is CCCCN(CCO)CCO.C[N+](C)(C)CC(=O)[O-]. The number of carbonyl (C=O) groups excluding carboxylic acids is 1. The first kappa shape index (κ1) is 20.6. The first-order valence-corrected chi connectivity index (χ1v) is 6.71. The van der Waals surface area contributed by atoms with Gasteiger partial charge >= 0.3 is 0 Å². The Balaban J connectivity index is 0. The molecule has 6 heteroatoms. The third-order valence-electron chi connectivity index (χ3n) is 2.26. The molecule has 0 unspecified atom stereocenters. The van der Waals surface area contributed by atoms with Crippen molar-refractivity contribution in [1.82, 2.24) is 4.90 Å². The molecule has 0 saturated carbocycles. The molecule has 2 N–H and O–H groups in total. The Morgan fingerprint density at radius 3 is 1.79 bits per heavy atom. The largest absolute Gasteiger partial charge is 0.544 e. The molecule has 0 aromatic heterocycles. The van der Waals surface area contributed by atoms with E-state index in [0.717, 1.165) is 19.4 Å². The average Bonchev–Trinajstić information content (AvgIpc) is 2.24. The molecule has 0 saturated heterocycles. The van der Waals surface area contributed by atoms with E-state index in [1.165, 1.54) is 0 Å². The van der Waals surface area contributed by atoms with Gasteiger partial charge in [-0.15, -0.1) is 0 Å². The standard InChI is InChI=1S/C8H19NO2.C5H11NO2/c1-2-3-4-9(5-7-10)6-8-11;1-6(2,3)4-5(7)8/h10-11H,2-8H2,1H3;4H2,1-3H3. The highest BCUT2D eigenvalue weighted by molar-refractivity contribution is 5.65. The number of aliphatic hydroxyl groups is 2. The maximum Gasteiger partial charge on any atom is 0.118 e. The molecule has 0 heterocycles. The van der Waals surface area contributed by atoms with Crippen molar-refractivity contribution in [2.75, 3.05) is 60.5 Å². The summed E-state index contributed by atoms with van der Waals surface area (Å²) < 4.78 is 0.419. The summed E-state index contributed by atoms with van der Waals surface area (Å²) in [4.78, 5) is 12.0. The molecule has 0 aromatic rings. The van der Waals surface area contributed by atoms with Gasteiger partial charge in [0, 0.05) is 13.1 Å². The van der Waals surface area contributed by atoms with Gasteiger partial charge < -0.3 is 24.6 Å². The number of carbonyl (C=O) groups is 1. The predicted octanol–water partition coefficient (Wildman–Crippen LogP) is -1.48. The zero-order chi connectivity index (χ0) is 15.3. The van der Waals surface area contributed by atoms with Crippen molar-refractivity contribution in [2.24, 2.45) is 0 Å². The molecule has 0 aliphatic heterocycles. The van der Waals surface area contributed by atoms with Crippen LogP contribution in [0.1, 0.15) is 19.8 Å². The van der Waals surface area contributed by atoms with E-state index in [-0.39, 0.29) is 19.8 Å². The fourth-order valence-corrected chi connectivity index (χ4v) is 1.39. The van der Waals surface area contributed by atoms with Gasteiger partial charge in [0.15, 0.2) is 0 Å². The van der Waals surface area contributed by atoms with E-state index in [4.69, 9.17) is 10.2 Å². The van der Waals surface area contributed by atoms with Crippen LogP contribution in [0.25, 0.3) is 0 Å². The molecule has 0 atom stereocenters. The van der Waals surface area contributed by atoms with Crippen LogP contribution in [0.15, 0.2) is 0 Å². The number of hydrogen-bond acceptors (Lipinski definition) is 5. The minimum Gasteiger partial charge on any atom is -0.544 e. The van der Waals surface area contributed by atoms with Crippen LogP contribution in [0.5, 0.6) is 0 Å². The molecule has 0 amide bonds. The molecule has 0 aliphatic rings. The van der Waals surface area contributed by atoms with Crippen molar-refractivity contribution >= 4 is 5.97 Å². The number of quaternary nitrogens is 1. The Morgan fingerprint density at radius 1 is 1.11 bits per heavy atom. The van der Waals surface area contributed by atoms with Gasteiger partial charge in [-0.05, 0) is 13.0 Å². The molecular formula is C13H30N2O4. The smallest absolute Gasteiger partial charge is 0.118 e. The van der Waals surface area contributed by atoms with E-state index in [1.807, 2.05) is 0 Å². The predicted molar refractivity (Wildman–Crippen MR) is 73.4 cm³/mol. The summed E-state index contributed by atoms with van der Waals surface area (Å²) in [6, 6.07) is 0. The van der Waals surface area contributed by atoms with Crippen LogP contribution in [0.2, 0.25) is 0 Å². The lowest BCUT2D eigenvalue weighted by atomic mass is 10.3. The summed E-state index contributed by atoms with van der Waals surface area (Å²) >= 11 is 0. The fraction of sp³-hybridized carbons (Fsp3) is 0.923. The number of unbranched alkanes of at least 4 members (excludes halogenated alkanes) is 1. The molecule has 0 aromatic carbocycles. The summed E-state index contributed by atoms with van der Waals surface area (Å²) in [7, 11) is 5.40. The second-order valence-corrected chi connectivity index (χ2v) is 5.46. The highest BCUT2D eigenvalue weighted by Crippen LogP contribution is 1.93. The summed E-state index contributed by atoms with van der Waals surface area (Å²) in [6.07, 6.45) is 2.30. The first-order valence-electron chi connectivity index (χ1n) is 6.71. The van der Waals surface area contributed by atoms with E-state index < -0.39 is 5.97 Å². The van der Waals surface area contributed by atoms with Crippen LogP contribution in [0.4, 0.5) is 0 Å². The molecular weight excluding hydrogens is 248 g/mol. The monoisotopic (exact) mass is 278 g/mol. The normalized spacial score (nSPS) is 11.1. The van der Waals surface area contributed by atoms with Crippen LogP contribution in [0, 0.1) is 0 Å². The highest BCUT2D eigenvalue weighted by Gasteiger charge is 2.04. The number of aliphatic hydroxyl groups excluding tert-OH is 2. The summed E-state index contributed by atoms with van der Waals surface area (Å²) in [5.74, 6) is -1.00. The van der Waals surface area contributed by atoms with Gasteiger partial charge in [-0.2, -0.15) is 0 Å². The zero-order valence-electron chi connectivity index (χ0n) is 12.8. The third-order valence-corrected chi connectivity index (χ3v) is 2.26. The topological polar surface area (TPSA) is 83.8 Å². The Morgan fingerprint density at radius 2 is 1.58 bits per heavy atom. The van der Waals surface area contributed by atoms with Crippen molar-refractivity contribution in [3.8, 4) is 0 Å². The Kier molecular flexibility index (Phi) is 13.4. The lowest BCUT2D eigenvalue weighted by molar-refractivity contribution is -0.864. The molecule has 0 rings (SSSR count). The van der Waals surface area contributed by atoms with Crippen LogP contribution >= 0.6 is 0 Å². The second-order valence-electron chi connectivity index (χ2n) is 5.46. The maximum absolute atomic E-state index is 9.89. The van der Waals surface area contributed by atoms with Crippen molar-refractivity contribution in [2.45, 2.75) is 19.8 Å². The van der Waals surface area contributed by atoms with E-state index in [0.29, 0.717) is 17.6 Å². The highest BCUT2D eigenvalue weighted by atomic mass is 16.4. The van der Waals surface area contributed by atoms with Gasteiger partial charge in [0.1, 0.15) is 6.54 Å². The van der Waals surface area contributed by atoms with Gasteiger partial charge in [-0.1, -0.05) is 13.3 Å². The minimum absolute atomic E-state index is 0.0694. The van der Waals surface area contributed by atoms with Gasteiger partial charge in [0.05, 0.1) is 40.3 Å². The van der Waals surface area contributed by atoms with E-state index in [1.54, 1.807) is 21.1 Å². The number of rotatable bonds is 9. The Bertz CT molecular complexity index is 211. The number of hydrogen-bond donors (Lipinski definition) is 2. The van der Waals surface area contributed by atoms with Gasteiger partial charge in [-0.25, -0.2) is 0 Å². The summed E-state index contributed by atoms with van der Waals surface area (Å²) in [5, 5.41) is 27.2. The first-order chi connectivity index (χ1) is 8.76. The van der Waals surface area contributed by atoms with Crippen LogP contribution in [-0.2, 0) is 4.79 Å². The Hall–Kier alpha value is -0.690. The van der Waals surface area contributed by atoms with Crippen molar-refractivity contribution < 1.29 is 24.6 Å². The summed E-state index contributed by atoms with van der Waals surface area (Å²) in [5.41, 5.74) is 0. The summed E-state index contributed by atoms with van der Waals surface area (Å²) in [6.45, 7) is 4.92. The lowest BCUT2D eigenvalue weighted by Crippen LogP contribution is -2.45. The molecule has 0 aliphatic carbocycles. The fourth-order valence-electron chi connectivity index (χ4n) is 1.39. The molecule has 0 fully saturated rings. The molecule has 6 nitrogen and oxygen atoms in total. The van der Waals surface area contributed by atoms with E-state index >= 15 is 0 Å². The van der Waals surface area contributed by atoms with Crippen LogP contribution in [-0.4, -0.2) is 86.1 Å². The van der Waals surface area contributed by atoms with Crippen molar-refractivity contribution in [3.63, 3.8) is 0 Å². The number of carboxylic acid groups (broad SMARTS) is 1. The minimum atomic E-state index is -1.00. The molecule has 116 valence electrons. The van der Waals surface area contributed by atoms with Gasteiger partial charge in [0.2, 0.25) is 0 Å². The van der Waals surface area contributed by atoms with E-state index in [9.17, 15) is 9.90 Å². The Labute approximate surface area is 116 Å². The van der Waals surface area contributed by atoms with Crippen molar-refractivity contribution in [3.05, 3.63) is 0 Å². The average molecular weight is 278 g/mol.